The number of rotatable bonds is 4. The highest BCUT2D eigenvalue weighted by atomic mass is 16.5. The minimum atomic E-state index is -0.338. The predicted molar refractivity (Wildman–Crippen MR) is 104 cm³/mol. The zero-order chi connectivity index (χ0) is 18.6. The van der Waals surface area contributed by atoms with Crippen LogP contribution in [0.15, 0.2) is 96.6 Å². The number of ketones is 1. The second kappa shape index (κ2) is 7.42. The van der Waals surface area contributed by atoms with Crippen LogP contribution in [0.3, 0.4) is 0 Å². The van der Waals surface area contributed by atoms with Crippen molar-refractivity contribution in [2.75, 3.05) is 0 Å². The highest BCUT2D eigenvalue weighted by molar-refractivity contribution is 6.15. The first-order valence-electron chi connectivity index (χ1n) is 8.89. The Morgan fingerprint density at radius 2 is 1.33 bits per heavy atom. The van der Waals surface area contributed by atoms with Crippen LogP contribution < -0.4 is 0 Å². The fourth-order valence-electron chi connectivity index (χ4n) is 3.42. The van der Waals surface area contributed by atoms with E-state index in [9.17, 15) is 9.59 Å². The van der Waals surface area contributed by atoms with Crippen LogP contribution in [0.25, 0.3) is 5.76 Å². The zero-order valence-corrected chi connectivity index (χ0v) is 14.7. The van der Waals surface area contributed by atoms with E-state index >= 15 is 0 Å². The summed E-state index contributed by atoms with van der Waals surface area (Å²) in [6.07, 6.45) is 0.147. The Morgan fingerprint density at radius 1 is 0.778 bits per heavy atom. The van der Waals surface area contributed by atoms with Gasteiger partial charge in [-0.3, -0.25) is 9.59 Å². The minimum absolute atomic E-state index is 0.115. The minimum Gasteiger partial charge on any atom is -0.425 e. The Bertz CT molecular complexity index is 990. The molecule has 1 atom stereocenters. The third-order valence-corrected chi connectivity index (χ3v) is 4.70. The van der Waals surface area contributed by atoms with Crippen LogP contribution in [0.4, 0.5) is 0 Å². The van der Waals surface area contributed by atoms with Gasteiger partial charge < -0.3 is 4.74 Å². The molecule has 0 fully saturated rings. The third-order valence-electron chi connectivity index (χ3n) is 4.70. The molecule has 0 saturated heterocycles. The molecule has 0 aliphatic carbocycles. The second-order valence-electron chi connectivity index (χ2n) is 6.45. The first-order valence-corrected chi connectivity index (χ1v) is 8.89. The number of benzene rings is 3. The van der Waals surface area contributed by atoms with Crippen LogP contribution in [-0.4, -0.2) is 11.8 Å². The number of hydrogen-bond acceptors (Lipinski definition) is 3. The highest BCUT2D eigenvalue weighted by Gasteiger charge is 2.35. The van der Waals surface area contributed by atoms with Crippen molar-refractivity contribution in [3.63, 3.8) is 0 Å². The number of ether oxygens (including phenoxy) is 1. The summed E-state index contributed by atoms with van der Waals surface area (Å²) in [4.78, 5) is 25.8. The lowest BCUT2D eigenvalue weighted by atomic mass is 9.81. The van der Waals surface area contributed by atoms with Crippen molar-refractivity contribution in [2.24, 2.45) is 0 Å². The molecule has 1 heterocycles. The normalized spacial score (nSPS) is 16.7. The van der Waals surface area contributed by atoms with Crippen LogP contribution in [0.1, 0.15) is 33.8 Å². The zero-order valence-electron chi connectivity index (χ0n) is 14.7. The molecule has 0 spiro atoms. The molecule has 3 nitrogen and oxygen atoms in total. The molecular formula is C24H18O3. The molecule has 1 aliphatic heterocycles. The van der Waals surface area contributed by atoms with Gasteiger partial charge in [-0.25, -0.2) is 0 Å². The molecule has 0 aromatic heterocycles. The van der Waals surface area contributed by atoms with Gasteiger partial charge >= 0.3 is 5.97 Å². The van der Waals surface area contributed by atoms with Crippen molar-refractivity contribution in [2.45, 2.75) is 12.3 Å². The Hall–Kier alpha value is -3.46. The molecule has 0 N–H and O–H groups in total. The van der Waals surface area contributed by atoms with Crippen molar-refractivity contribution in [3.8, 4) is 0 Å². The SMILES string of the molecule is O=C1C[C@@H](c2ccccc2)C(C(=O)c2ccccc2)=C(c2ccccc2)O1. The first kappa shape index (κ1) is 17.0. The molecule has 0 unspecified atom stereocenters. The van der Waals surface area contributed by atoms with Gasteiger partial charge in [-0.05, 0) is 5.56 Å². The Morgan fingerprint density at radius 3 is 1.96 bits per heavy atom. The van der Waals surface area contributed by atoms with Gasteiger partial charge in [0.05, 0.1) is 12.0 Å². The molecule has 0 amide bonds. The summed E-state index contributed by atoms with van der Waals surface area (Å²) in [6.45, 7) is 0. The number of allylic oxidation sites excluding steroid dienone is 1. The van der Waals surface area contributed by atoms with E-state index in [-0.39, 0.29) is 24.1 Å². The largest absolute Gasteiger partial charge is 0.425 e. The molecule has 3 aromatic rings. The van der Waals surface area contributed by atoms with Gasteiger partial charge in [0.1, 0.15) is 5.76 Å². The quantitative estimate of drug-likeness (QED) is 0.488. The summed E-state index contributed by atoms with van der Waals surface area (Å²) in [5, 5.41) is 0. The van der Waals surface area contributed by atoms with Gasteiger partial charge in [-0.2, -0.15) is 0 Å². The Balaban J connectivity index is 1.93. The molecule has 3 aromatic carbocycles. The Kier molecular flexibility index (Phi) is 4.67. The number of esters is 1. The van der Waals surface area contributed by atoms with E-state index in [0.717, 1.165) is 11.1 Å². The van der Waals surface area contributed by atoms with E-state index in [2.05, 4.69) is 0 Å². The Labute approximate surface area is 157 Å². The average molecular weight is 354 g/mol. The van der Waals surface area contributed by atoms with Crippen molar-refractivity contribution >= 4 is 17.5 Å². The molecule has 0 radical (unpaired) electrons. The maximum absolute atomic E-state index is 13.4. The van der Waals surface area contributed by atoms with E-state index in [1.165, 1.54) is 0 Å². The summed E-state index contributed by atoms with van der Waals surface area (Å²) in [5.41, 5.74) is 2.77. The highest BCUT2D eigenvalue weighted by Crippen LogP contribution is 2.40. The summed E-state index contributed by atoms with van der Waals surface area (Å²) >= 11 is 0. The summed E-state index contributed by atoms with van der Waals surface area (Å²) < 4.78 is 5.60. The van der Waals surface area contributed by atoms with E-state index in [1.54, 1.807) is 12.1 Å². The number of carbonyl (C=O) groups excluding carboxylic acids is 2. The van der Waals surface area contributed by atoms with Gasteiger partial charge in [-0.15, -0.1) is 0 Å². The fraction of sp³-hybridized carbons (Fsp3) is 0.0833. The molecule has 1 aliphatic rings. The molecule has 27 heavy (non-hydrogen) atoms. The summed E-state index contributed by atoms with van der Waals surface area (Å²) in [5.74, 6) is -0.423. The van der Waals surface area contributed by atoms with Gasteiger partial charge in [0.15, 0.2) is 5.78 Å². The lowest BCUT2D eigenvalue weighted by Gasteiger charge is -2.27. The van der Waals surface area contributed by atoms with Gasteiger partial charge in [0.2, 0.25) is 0 Å². The number of hydrogen-bond donors (Lipinski definition) is 0. The van der Waals surface area contributed by atoms with Crippen LogP contribution >= 0.6 is 0 Å². The topological polar surface area (TPSA) is 43.4 Å². The van der Waals surface area contributed by atoms with Gasteiger partial charge in [0.25, 0.3) is 0 Å². The molecule has 0 bridgehead atoms. The number of carbonyl (C=O) groups is 2. The average Bonchev–Trinajstić information content (AvgIpc) is 2.74. The van der Waals surface area contributed by atoms with E-state index in [1.807, 2.05) is 78.9 Å². The maximum atomic E-state index is 13.4. The van der Waals surface area contributed by atoms with E-state index in [0.29, 0.717) is 16.9 Å². The van der Waals surface area contributed by atoms with Crippen molar-refractivity contribution in [1.82, 2.24) is 0 Å². The number of cyclic esters (lactones) is 1. The molecule has 3 heteroatoms. The van der Waals surface area contributed by atoms with Crippen LogP contribution in [0.2, 0.25) is 0 Å². The van der Waals surface area contributed by atoms with Crippen LogP contribution in [0, 0.1) is 0 Å². The molecule has 132 valence electrons. The summed E-state index contributed by atoms with van der Waals surface area (Å²) in [7, 11) is 0. The predicted octanol–water partition coefficient (Wildman–Crippen LogP) is 5.01. The monoisotopic (exact) mass is 354 g/mol. The van der Waals surface area contributed by atoms with Gasteiger partial charge in [0, 0.05) is 17.0 Å². The fourth-order valence-corrected chi connectivity index (χ4v) is 3.42. The first-order chi connectivity index (χ1) is 13.2. The lowest BCUT2D eigenvalue weighted by Crippen LogP contribution is -2.24. The summed E-state index contributed by atoms with van der Waals surface area (Å²) in [6, 6.07) is 28.1. The molecule has 4 rings (SSSR count). The maximum Gasteiger partial charge on any atom is 0.312 e. The van der Waals surface area contributed by atoms with E-state index < -0.39 is 0 Å². The van der Waals surface area contributed by atoms with Crippen molar-refractivity contribution < 1.29 is 14.3 Å². The smallest absolute Gasteiger partial charge is 0.312 e. The molecule has 0 saturated carbocycles. The second-order valence-corrected chi connectivity index (χ2v) is 6.45. The standard InChI is InChI=1S/C24H18O3/c25-21-16-20(17-10-4-1-5-11-17)22(23(26)18-12-6-2-7-13-18)24(27-21)19-14-8-3-9-15-19/h1-15,20H,16H2/t20-/m0/s1. The lowest BCUT2D eigenvalue weighted by molar-refractivity contribution is -0.137. The van der Waals surface area contributed by atoms with Crippen LogP contribution in [0.5, 0.6) is 0 Å². The van der Waals surface area contributed by atoms with Crippen molar-refractivity contribution in [3.05, 3.63) is 113 Å². The molecular weight excluding hydrogens is 336 g/mol. The number of Topliss-reactive ketones (excluding diaryl/α,β-unsaturated/α-hetero) is 1. The van der Waals surface area contributed by atoms with Gasteiger partial charge in [-0.1, -0.05) is 91.0 Å². The van der Waals surface area contributed by atoms with E-state index in [4.69, 9.17) is 4.74 Å². The van der Waals surface area contributed by atoms with Crippen LogP contribution in [-0.2, 0) is 9.53 Å². The third kappa shape index (κ3) is 3.44. The van der Waals surface area contributed by atoms with Crippen molar-refractivity contribution in [1.29, 1.82) is 0 Å².